The SMILES string of the molecule is O=C(CCC1CCCCO1)N1CCCNCC1. The minimum absolute atomic E-state index is 0.308. The molecule has 1 N–H and O–H groups in total. The lowest BCUT2D eigenvalue weighted by Crippen LogP contribution is -2.34. The van der Waals surface area contributed by atoms with Crippen LogP contribution >= 0.6 is 0 Å². The number of carbonyl (C=O) groups is 1. The largest absolute Gasteiger partial charge is 0.378 e. The van der Waals surface area contributed by atoms with Gasteiger partial charge in [-0.05, 0) is 38.6 Å². The number of nitrogens with zero attached hydrogens (tertiary/aromatic N) is 1. The molecule has 0 radical (unpaired) electrons. The van der Waals surface area contributed by atoms with E-state index in [2.05, 4.69) is 5.32 Å². The predicted octanol–water partition coefficient (Wildman–Crippen LogP) is 1.16. The monoisotopic (exact) mass is 240 g/mol. The van der Waals surface area contributed by atoms with Crippen molar-refractivity contribution in [2.24, 2.45) is 0 Å². The molecule has 0 spiro atoms. The van der Waals surface area contributed by atoms with Crippen molar-refractivity contribution in [3.05, 3.63) is 0 Å². The van der Waals surface area contributed by atoms with Crippen molar-refractivity contribution in [2.45, 2.75) is 44.6 Å². The number of hydrogen-bond acceptors (Lipinski definition) is 3. The second kappa shape index (κ2) is 6.97. The molecule has 0 aromatic carbocycles. The van der Waals surface area contributed by atoms with Crippen LogP contribution in [0.25, 0.3) is 0 Å². The summed E-state index contributed by atoms with van der Waals surface area (Å²) in [7, 11) is 0. The molecule has 1 amide bonds. The minimum Gasteiger partial charge on any atom is -0.378 e. The maximum absolute atomic E-state index is 12.0. The molecule has 2 heterocycles. The Labute approximate surface area is 104 Å². The van der Waals surface area contributed by atoms with E-state index < -0.39 is 0 Å². The fraction of sp³-hybridized carbons (Fsp3) is 0.923. The van der Waals surface area contributed by atoms with Gasteiger partial charge < -0.3 is 15.0 Å². The quantitative estimate of drug-likeness (QED) is 0.805. The van der Waals surface area contributed by atoms with E-state index in [0.717, 1.165) is 52.0 Å². The normalized spacial score (nSPS) is 26.6. The molecule has 17 heavy (non-hydrogen) atoms. The average Bonchev–Trinajstić information content (AvgIpc) is 2.66. The highest BCUT2D eigenvalue weighted by Gasteiger charge is 2.19. The molecule has 0 aromatic rings. The molecule has 2 rings (SSSR count). The topological polar surface area (TPSA) is 41.6 Å². The zero-order valence-electron chi connectivity index (χ0n) is 10.6. The number of rotatable bonds is 3. The summed E-state index contributed by atoms with van der Waals surface area (Å²) in [5, 5.41) is 3.32. The molecule has 4 heteroatoms. The first kappa shape index (κ1) is 12.8. The summed E-state index contributed by atoms with van der Waals surface area (Å²) in [6.07, 6.45) is 6.54. The summed E-state index contributed by atoms with van der Waals surface area (Å²) in [6.45, 7) is 4.63. The van der Waals surface area contributed by atoms with Crippen LogP contribution in [0.1, 0.15) is 38.5 Å². The number of hydrogen-bond donors (Lipinski definition) is 1. The summed E-state index contributed by atoms with van der Waals surface area (Å²) >= 11 is 0. The van der Waals surface area contributed by atoms with Crippen molar-refractivity contribution in [1.29, 1.82) is 0 Å². The van der Waals surface area contributed by atoms with E-state index in [4.69, 9.17) is 4.74 Å². The van der Waals surface area contributed by atoms with Crippen molar-refractivity contribution in [2.75, 3.05) is 32.8 Å². The fourth-order valence-corrected chi connectivity index (χ4v) is 2.57. The Kier molecular flexibility index (Phi) is 5.26. The van der Waals surface area contributed by atoms with E-state index in [-0.39, 0.29) is 0 Å². The molecule has 1 unspecified atom stereocenters. The Bertz CT molecular complexity index is 232. The van der Waals surface area contributed by atoms with Crippen LogP contribution < -0.4 is 5.32 Å². The van der Waals surface area contributed by atoms with Crippen LogP contribution in [-0.4, -0.2) is 49.7 Å². The summed E-state index contributed by atoms with van der Waals surface area (Å²) in [6, 6.07) is 0. The van der Waals surface area contributed by atoms with Crippen LogP contribution in [0.4, 0.5) is 0 Å². The van der Waals surface area contributed by atoms with Crippen molar-refractivity contribution >= 4 is 5.91 Å². The van der Waals surface area contributed by atoms with Crippen molar-refractivity contribution in [1.82, 2.24) is 10.2 Å². The third-order valence-corrected chi connectivity index (χ3v) is 3.65. The molecule has 2 fully saturated rings. The molecule has 1 atom stereocenters. The van der Waals surface area contributed by atoms with Gasteiger partial charge in [0.05, 0.1) is 6.10 Å². The molecule has 0 saturated carbocycles. The van der Waals surface area contributed by atoms with Crippen LogP contribution in [0.3, 0.4) is 0 Å². The molecule has 0 aliphatic carbocycles. The average molecular weight is 240 g/mol. The van der Waals surface area contributed by atoms with Crippen LogP contribution in [0, 0.1) is 0 Å². The lowest BCUT2D eigenvalue weighted by atomic mass is 10.0. The van der Waals surface area contributed by atoms with Gasteiger partial charge in [-0.2, -0.15) is 0 Å². The maximum atomic E-state index is 12.0. The highest BCUT2D eigenvalue weighted by Crippen LogP contribution is 2.17. The van der Waals surface area contributed by atoms with Gasteiger partial charge in [0.15, 0.2) is 0 Å². The van der Waals surface area contributed by atoms with E-state index in [1.54, 1.807) is 0 Å². The first-order valence-corrected chi connectivity index (χ1v) is 6.96. The van der Waals surface area contributed by atoms with Crippen LogP contribution in [0.15, 0.2) is 0 Å². The predicted molar refractivity (Wildman–Crippen MR) is 66.9 cm³/mol. The first-order chi connectivity index (χ1) is 8.36. The molecule has 0 bridgehead atoms. The van der Waals surface area contributed by atoms with Gasteiger partial charge in [-0.1, -0.05) is 0 Å². The van der Waals surface area contributed by atoms with Gasteiger partial charge in [0, 0.05) is 32.7 Å². The molecule has 2 saturated heterocycles. The summed E-state index contributed by atoms with van der Waals surface area (Å²) in [4.78, 5) is 14.0. The molecule has 2 aliphatic rings. The first-order valence-electron chi connectivity index (χ1n) is 6.96. The van der Waals surface area contributed by atoms with Crippen LogP contribution in [0.5, 0.6) is 0 Å². The lowest BCUT2D eigenvalue weighted by molar-refractivity contribution is -0.132. The van der Waals surface area contributed by atoms with Gasteiger partial charge in [0.2, 0.25) is 5.91 Å². The molecule has 0 aromatic heterocycles. The Morgan fingerprint density at radius 2 is 2.18 bits per heavy atom. The highest BCUT2D eigenvalue weighted by molar-refractivity contribution is 5.76. The zero-order valence-corrected chi connectivity index (χ0v) is 10.6. The maximum Gasteiger partial charge on any atom is 0.222 e. The van der Waals surface area contributed by atoms with Gasteiger partial charge in [0.25, 0.3) is 0 Å². The van der Waals surface area contributed by atoms with Crippen molar-refractivity contribution < 1.29 is 9.53 Å². The zero-order chi connectivity index (χ0) is 11.9. The number of ether oxygens (including phenoxy) is 1. The van der Waals surface area contributed by atoms with E-state index in [9.17, 15) is 4.79 Å². The van der Waals surface area contributed by atoms with Gasteiger partial charge in [-0.3, -0.25) is 4.79 Å². The van der Waals surface area contributed by atoms with Gasteiger partial charge in [-0.15, -0.1) is 0 Å². The second-order valence-corrected chi connectivity index (χ2v) is 5.01. The fourth-order valence-electron chi connectivity index (χ4n) is 2.57. The van der Waals surface area contributed by atoms with Crippen LogP contribution in [-0.2, 0) is 9.53 Å². The van der Waals surface area contributed by atoms with Gasteiger partial charge >= 0.3 is 0 Å². The second-order valence-electron chi connectivity index (χ2n) is 5.01. The number of carbonyl (C=O) groups excluding carboxylic acids is 1. The Balaban J connectivity index is 1.68. The molecule has 98 valence electrons. The van der Waals surface area contributed by atoms with E-state index in [1.807, 2.05) is 4.90 Å². The third kappa shape index (κ3) is 4.28. The molecule has 2 aliphatic heterocycles. The highest BCUT2D eigenvalue weighted by atomic mass is 16.5. The van der Waals surface area contributed by atoms with E-state index in [1.165, 1.54) is 12.8 Å². The Morgan fingerprint density at radius 3 is 3.00 bits per heavy atom. The Morgan fingerprint density at radius 1 is 1.24 bits per heavy atom. The molecular weight excluding hydrogens is 216 g/mol. The number of nitrogens with one attached hydrogen (secondary N) is 1. The van der Waals surface area contributed by atoms with Crippen molar-refractivity contribution in [3.8, 4) is 0 Å². The van der Waals surface area contributed by atoms with E-state index >= 15 is 0 Å². The summed E-state index contributed by atoms with van der Waals surface area (Å²) < 4.78 is 5.66. The smallest absolute Gasteiger partial charge is 0.222 e. The molecular formula is C13H24N2O2. The third-order valence-electron chi connectivity index (χ3n) is 3.65. The standard InChI is InChI=1S/C13H24N2O2/c16-13(15-9-3-7-14-8-10-15)6-5-12-4-1-2-11-17-12/h12,14H,1-11H2. The van der Waals surface area contributed by atoms with Crippen LogP contribution in [0.2, 0.25) is 0 Å². The summed E-state index contributed by atoms with van der Waals surface area (Å²) in [5.74, 6) is 0.308. The molecule has 4 nitrogen and oxygen atoms in total. The minimum atomic E-state index is 0.308. The number of amides is 1. The Hall–Kier alpha value is -0.610. The van der Waals surface area contributed by atoms with Gasteiger partial charge in [0.1, 0.15) is 0 Å². The van der Waals surface area contributed by atoms with Crippen molar-refractivity contribution in [3.63, 3.8) is 0 Å². The van der Waals surface area contributed by atoms with Gasteiger partial charge in [-0.25, -0.2) is 0 Å². The lowest BCUT2D eigenvalue weighted by Gasteiger charge is -2.24. The summed E-state index contributed by atoms with van der Waals surface area (Å²) in [5.41, 5.74) is 0. The van der Waals surface area contributed by atoms with E-state index in [0.29, 0.717) is 18.4 Å².